The smallest absolute Gasteiger partial charge is 0.351 e. The average molecular weight is 395 g/mol. The van der Waals surface area contributed by atoms with E-state index in [1.807, 2.05) is 6.07 Å². The first-order valence-electron chi connectivity index (χ1n) is 8.42. The fraction of sp³-hybridized carbons (Fsp3) is 0.500. The van der Waals surface area contributed by atoms with Crippen molar-refractivity contribution < 1.29 is 19.1 Å². The Morgan fingerprint density at radius 2 is 2.04 bits per heavy atom. The molecule has 0 atom stereocenters. The molecular formula is C18H22N2O4S2. The van der Waals surface area contributed by atoms with Crippen LogP contribution in [0.2, 0.25) is 0 Å². The molecule has 0 saturated carbocycles. The van der Waals surface area contributed by atoms with Crippen LogP contribution in [0.5, 0.6) is 0 Å². The third kappa shape index (κ3) is 4.40. The van der Waals surface area contributed by atoms with Crippen LogP contribution in [0.3, 0.4) is 0 Å². The molecule has 1 aromatic rings. The summed E-state index contributed by atoms with van der Waals surface area (Å²) in [6.45, 7) is 2.06. The highest BCUT2D eigenvalue weighted by atomic mass is 32.2. The Hall–Kier alpha value is -1.98. The molecular weight excluding hydrogens is 372 g/mol. The lowest BCUT2D eigenvalue weighted by atomic mass is 10.1. The highest BCUT2D eigenvalue weighted by molar-refractivity contribution is 8.02. The molecule has 140 valence electrons. The van der Waals surface area contributed by atoms with E-state index in [1.165, 1.54) is 35.1 Å². The van der Waals surface area contributed by atoms with E-state index < -0.39 is 5.97 Å². The first kappa shape index (κ1) is 20.3. The molecule has 0 unspecified atom stereocenters. The number of ether oxygens (including phenoxy) is 2. The molecule has 26 heavy (non-hydrogen) atoms. The predicted octanol–water partition coefficient (Wildman–Crippen LogP) is 3.88. The van der Waals surface area contributed by atoms with E-state index in [9.17, 15) is 14.9 Å². The van der Waals surface area contributed by atoms with Crippen molar-refractivity contribution in [3.8, 4) is 6.07 Å². The van der Waals surface area contributed by atoms with Gasteiger partial charge in [-0.15, -0.1) is 23.1 Å². The molecule has 1 aromatic heterocycles. The Labute approximate surface area is 161 Å². The third-order valence-electron chi connectivity index (χ3n) is 4.06. The zero-order chi connectivity index (χ0) is 19.1. The van der Waals surface area contributed by atoms with Crippen LogP contribution in [-0.2, 0) is 27.1 Å². The molecule has 0 aliphatic heterocycles. The molecule has 1 N–H and O–H groups in total. The predicted molar refractivity (Wildman–Crippen MR) is 103 cm³/mol. The van der Waals surface area contributed by atoms with Gasteiger partial charge in [-0.1, -0.05) is 6.42 Å². The minimum Gasteiger partial charge on any atom is -0.465 e. The molecule has 2 rings (SSSR count). The lowest BCUT2D eigenvalue weighted by molar-refractivity contribution is -0.135. The molecule has 0 spiro atoms. The van der Waals surface area contributed by atoms with E-state index in [1.54, 1.807) is 13.2 Å². The van der Waals surface area contributed by atoms with Gasteiger partial charge in [0, 0.05) is 4.88 Å². The van der Waals surface area contributed by atoms with Gasteiger partial charge in [0.25, 0.3) is 0 Å². The Kier molecular flexibility index (Phi) is 7.54. The normalized spacial score (nSPS) is 14.4. The minimum absolute atomic E-state index is 0.113. The second-order valence-electron chi connectivity index (χ2n) is 5.63. The van der Waals surface area contributed by atoms with Crippen LogP contribution in [0.1, 0.15) is 47.0 Å². The summed E-state index contributed by atoms with van der Waals surface area (Å²) in [6, 6.07) is 1.88. The molecule has 0 bridgehead atoms. The van der Waals surface area contributed by atoms with Crippen molar-refractivity contribution in [2.45, 2.75) is 39.0 Å². The van der Waals surface area contributed by atoms with Gasteiger partial charge in [0.1, 0.15) is 11.1 Å². The largest absolute Gasteiger partial charge is 0.465 e. The van der Waals surface area contributed by atoms with E-state index >= 15 is 0 Å². The number of thioether (sulfide) groups is 1. The molecule has 0 saturated heterocycles. The molecule has 0 fully saturated rings. The second kappa shape index (κ2) is 9.64. The average Bonchev–Trinajstić information content (AvgIpc) is 2.81. The number of fused-ring (bicyclic) bond motifs is 1. The summed E-state index contributed by atoms with van der Waals surface area (Å²) in [6.07, 6.45) is 6.78. The number of nitrogens with zero attached hydrogens (tertiary/aromatic N) is 1. The minimum atomic E-state index is -0.708. The Morgan fingerprint density at radius 1 is 1.31 bits per heavy atom. The molecule has 8 heteroatoms. The van der Waals surface area contributed by atoms with Crippen LogP contribution in [-0.4, -0.2) is 31.9 Å². The topological polar surface area (TPSA) is 88.4 Å². The zero-order valence-electron chi connectivity index (χ0n) is 15.1. The van der Waals surface area contributed by atoms with Gasteiger partial charge in [-0.2, -0.15) is 5.26 Å². The molecule has 0 aromatic carbocycles. The summed E-state index contributed by atoms with van der Waals surface area (Å²) in [7, 11) is 1.23. The van der Waals surface area contributed by atoms with Crippen molar-refractivity contribution in [2.24, 2.45) is 0 Å². The van der Waals surface area contributed by atoms with Gasteiger partial charge >= 0.3 is 11.9 Å². The van der Waals surface area contributed by atoms with E-state index in [-0.39, 0.29) is 11.5 Å². The maximum atomic E-state index is 12.6. The van der Waals surface area contributed by atoms with Crippen molar-refractivity contribution in [3.05, 3.63) is 26.6 Å². The Balaban J connectivity index is 2.51. The Morgan fingerprint density at radius 3 is 2.65 bits per heavy atom. The summed E-state index contributed by atoms with van der Waals surface area (Å²) in [5.74, 6) is -1.08. The first-order valence-corrected chi connectivity index (χ1v) is 10.5. The number of nitriles is 1. The fourth-order valence-electron chi connectivity index (χ4n) is 2.86. The quantitative estimate of drug-likeness (QED) is 0.339. The van der Waals surface area contributed by atoms with Gasteiger partial charge in [0.05, 0.1) is 24.3 Å². The molecule has 1 aliphatic carbocycles. The van der Waals surface area contributed by atoms with Crippen LogP contribution in [0, 0.1) is 11.3 Å². The molecule has 6 nitrogen and oxygen atoms in total. The van der Waals surface area contributed by atoms with E-state index in [2.05, 4.69) is 10.1 Å². The number of thiophene rings is 1. The van der Waals surface area contributed by atoms with E-state index in [0.717, 1.165) is 37.7 Å². The van der Waals surface area contributed by atoms with Gasteiger partial charge in [-0.3, -0.25) is 0 Å². The molecule has 0 amide bonds. The van der Waals surface area contributed by atoms with Crippen LogP contribution in [0.4, 0.5) is 5.00 Å². The van der Waals surface area contributed by atoms with Crippen molar-refractivity contribution in [2.75, 3.05) is 25.3 Å². The third-order valence-corrected chi connectivity index (χ3v) is 5.98. The summed E-state index contributed by atoms with van der Waals surface area (Å²) in [4.78, 5) is 25.6. The monoisotopic (exact) mass is 394 g/mol. The van der Waals surface area contributed by atoms with E-state index in [4.69, 9.17) is 4.74 Å². The highest BCUT2D eigenvalue weighted by Gasteiger charge is 2.27. The number of nitrogens with one attached hydrogen (secondary N) is 1. The lowest BCUT2D eigenvalue weighted by Crippen LogP contribution is -2.12. The summed E-state index contributed by atoms with van der Waals surface area (Å²) in [5.41, 5.74) is 1.45. The van der Waals surface area contributed by atoms with E-state index in [0.29, 0.717) is 22.2 Å². The van der Waals surface area contributed by atoms with Crippen LogP contribution in [0.15, 0.2) is 10.6 Å². The second-order valence-corrected chi connectivity index (χ2v) is 7.55. The Bertz CT molecular complexity index is 762. The first-order chi connectivity index (χ1) is 12.6. The maximum Gasteiger partial charge on any atom is 0.351 e. The number of aryl methyl sites for hydroxylation is 1. The van der Waals surface area contributed by atoms with Crippen molar-refractivity contribution >= 4 is 40.0 Å². The van der Waals surface area contributed by atoms with Gasteiger partial charge < -0.3 is 14.8 Å². The van der Waals surface area contributed by atoms with Crippen LogP contribution < -0.4 is 5.32 Å². The standard InChI is InChI=1S/C18H22N2O4S2/c1-4-24-18(22)14-11-8-6-5-7-9-13(11)26-16(14)20-15(25-3)12(10-19)17(21)23-2/h20H,4-9H2,1-3H3/b15-12-. The number of methoxy groups -OCH3 is 1. The number of hydrogen-bond acceptors (Lipinski definition) is 8. The summed E-state index contributed by atoms with van der Waals surface area (Å²) >= 11 is 2.72. The lowest BCUT2D eigenvalue weighted by Gasteiger charge is -2.11. The zero-order valence-corrected chi connectivity index (χ0v) is 16.8. The van der Waals surface area contributed by atoms with Crippen molar-refractivity contribution in [3.63, 3.8) is 0 Å². The van der Waals surface area contributed by atoms with Crippen molar-refractivity contribution in [1.29, 1.82) is 5.26 Å². The van der Waals surface area contributed by atoms with Gasteiger partial charge in [0.15, 0.2) is 5.57 Å². The van der Waals surface area contributed by atoms with Crippen LogP contribution >= 0.6 is 23.1 Å². The SMILES string of the molecule is CCOC(=O)c1c(N/C(SC)=C(\C#N)C(=O)OC)sc2c1CCCCC2. The maximum absolute atomic E-state index is 12.6. The van der Waals surface area contributed by atoms with Crippen molar-refractivity contribution in [1.82, 2.24) is 0 Å². The summed E-state index contributed by atoms with van der Waals surface area (Å²) < 4.78 is 9.93. The summed E-state index contributed by atoms with van der Waals surface area (Å²) in [5, 5.41) is 13.4. The van der Waals surface area contributed by atoms with Gasteiger partial charge in [-0.25, -0.2) is 9.59 Å². The number of hydrogen-bond donors (Lipinski definition) is 1. The van der Waals surface area contributed by atoms with Crippen LogP contribution in [0.25, 0.3) is 0 Å². The number of carbonyl (C=O) groups excluding carboxylic acids is 2. The molecule has 1 aliphatic rings. The molecule has 1 heterocycles. The molecule has 0 radical (unpaired) electrons. The highest BCUT2D eigenvalue weighted by Crippen LogP contribution is 2.39. The number of carbonyl (C=O) groups is 2. The van der Waals surface area contributed by atoms with Gasteiger partial charge in [0.2, 0.25) is 0 Å². The number of rotatable bonds is 6. The van der Waals surface area contributed by atoms with Gasteiger partial charge in [-0.05, 0) is 44.4 Å². The number of anilines is 1. The number of esters is 2. The fourth-order valence-corrected chi connectivity index (χ4v) is 4.74.